The number of aryl methyl sites for hydroxylation is 2. The number of carbonyl (C=O) groups is 1. The van der Waals surface area contributed by atoms with Crippen LogP contribution in [0.1, 0.15) is 28.2 Å². The van der Waals surface area contributed by atoms with E-state index in [4.69, 9.17) is 9.84 Å². The SMILES string of the molecule is Cc1cc(C(=O)O)nc(N2CCC(COc3cnccc3C)C2)n1. The Hall–Kier alpha value is -2.70. The molecule has 2 aromatic heterocycles. The van der Waals surface area contributed by atoms with E-state index in [9.17, 15) is 4.79 Å². The highest BCUT2D eigenvalue weighted by atomic mass is 16.5. The number of aromatic nitrogens is 3. The topological polar surface area (TPSA) is 88.4 Å². The molecule has 0 amide bonds. The molecule has 3 rings (SSSR count). The summed E-state index contributed by atoms with van der Waals surface area (Å²) in [7, 11) is 0. The van der Waals surface area contributed by atoms with Gasteiger partial charge in [0.2, 0.25) is 5.95 Å². The van der Waals surface area contributed by atoms with Crippen molar-refractivity contribution in [1.29, 1.82) is 0 Å². The lowest BCUT2D eigenvalue weighted by Crippen LogP contribution is -2.25. The third-order valence-corrected chi connectivity index (χ3v) is 4.10. The van der Waals surface area contributed by atoms with Crippen LogP contribution in [0.15, 0.2) is 24.5 Å². The Morgan fingerprint density at radius 3 is 3.00 bits per heavy atom. The maximum absolute atomic E-state index is 11.1. The first-order valence-corrected chi connectivity index (χ1v) is 7.90. The van der Waals surface area contributed by atoms with E-state index in [0.717, 1.165) is 30.8 Å². The maximum Gasteiger partial charge on any atom is 0.354 e. The van der Waals surface area contributed by atoms with Crippen LogP contribution in [0, 0.1) is 19.8 Å². The quantitative estimate of drug-likeness (QED) is 0.899. The number of hydrogen-bond acceptors (Lipinski definition) is 6. The lowest BCUT2D eigenvalue weighted by molar-refractivity contribution is 0.0690. The molecule has 1 saturated heterocycles. The molecule has 7 nitrogen and oxygen atoms in total. The van der Waals surface area contributed by atoms with E-state index in [0.29, 0.717) is 24.2 Å². The minimum absolute atomic E-state index is 0.0307. The molecule has 0 aromatic carbocycles. The number of ether oxygens (including phenoxy) is 1. The smallest absolute Gasteiger partial charge is 0.354 e. The molecule has 1 fully saturated rings. The number of aromatic carboxylic acids is 1. The van der Waals surface area contributed by atoms with Crippen LogP contribution >= 0.6 is 0 Å². The third kappa shape index (κ3) is 3.61. The molecular formula is C17H20N4O3. The second kappa shape index (κ2) is 6.82. The van der Waals surface area contributed by atoms with E-state index in [1.807, 2.05) is 17.9 Å². The summed E-state index contributed by atoms with van der Waals surface area (Å²) in [5, 5.41) is 9.13. The van der Waals surface area contributed by atoms with Crippen molar-refractivity contribution in [2.75, 3.05) is 24.6 Å². The highest BCUT2D eigenvalue weighted by Gasteiger charge is 2.26. The molecule has 0 aliphatic carbocycles. The number of hydrogen-bond donors (Lipinski definition) is 1. The highest BCUT2D eigenvalue weighted by Crippen LogP contribution is 2.23. The molecule has 1 unspecified atom stereocenters. The molecule has 7 heteroatoms. The second-order valence-corrected chi connectivity index (χ2v) is 6.05. The van der Waals surface area contributed by atoms with Crippen molar-refractivity contribution >= 4 is 11.9 Å². The number of carboxylic acid groups (broad SMARTS) is 1. The molecule has 126 valence electrons. The molecule has 1 atom stereocenters. The van der Waals surface area contributed by atoms with Gasteiger partial charge in [-0.2, -0.15) is 0 Å². The average molecular weight is 328 g/mol. The highest BCUT2D eigenvalue weighted by molar-refractivity contribution is 5.85. The largest absolute Gasteiger partial charge is 0.491 e. The Labute approximate surface area is 140 Å². The van der Waals surface area contributed by atoms with Gasteiger partial charge in [-0.25, -0.2) is 14.8 Å². The van der Waals surface area contributed by atoms with Gasteiger partial charge in [-0.05, 0) is 38.0 Å². The molecule has 0 saturated carbocycles. The van der Waals surface area contributed by atoms with Gasteiger partial charge in [0.25, 0.3) is 0 Å². The molecule has 0 spiro atoms. The van der Waals surface area contributed by atoms with Gasteiger partial charge in [-0.3, -0.25) is 4.98 Å². The van der Waals surface area contributed by atoms with Crippen LogP contribution < -0.4 is 9.64 Å². The first kappa shape index (κ1) is 16.2. The Kier molecular flexibility index (Phi) is 4.59. The first-order valence-electron chi connectivity index (χ1n) is 7.90. The molecule has 2 aromatic rings. The van der Waals surface area contributed by atoms with Gasteiger partial charge in [0.05, 0.1) is 12.8 Å². The average Bonchev–Trinajstić information content (AvgIpc) is 3.02. The van der Waals surface area contributed by atoms with Crippen LogP contribution in [-0.2, 0) is 0 Å². The molecule has 3 heterocycles. The van der Waals surface area contributed by atoms with Gasteiger partial charge in [-0.15, -0.1) is 0 Å². The number of rotatable bonds is 5. The molecule has 0 radical (unpaired) electrons. The second-order valence-electron chi connectivity index (χ2n) is 6.05. The van der Waals surface area contributed by atoms with E-state index in [-0.39, 0.29) is 5.69 Å². The molecule has 1 N–H and O–H groups in total. The van der Waals surface area contributed by atoms with Crippen LogP contribution in [0.4, 0.5) is 5.95 Å². The van der Waals surface area contributed by atoms with Gasteiger partial charge >= 0.3 is 5.97 Å². The van der Waals surface area contributed by atoms with Crippen LogP contribution in [0.25, 0.3) is 0 Å². The molecule has 24 heavy (non-hydrogen) atoms. The van der Waals surface area contributed by atoms with Gasteiger partial charge in [0.15, 0.2) is 5.69 Å². The Bertz CT molecular complexity index is 750. The van der Waals surface area contributed by atoms with Crippen LogP contribution in [0.5, 0.6) is 5.75 Å². The number of pyridine rings is 1. The minimum atomic E-state index is -1.03. The summed E-state index contributed by atoms with van der Waals surface area (Å²) in [6.07, 6.45) is 4.43. The van der Waals surface area contributed by atoms with Crippen LogP contribution in [-0.4, -0.2) is 45.7 Å². The summed E-state index contributed by atoms with van der Waals surface area (Å²) < 4.78 is 5.87. The maximum atomic E-state index is 11.1. The number of anilines is 1. The van der Waals surface area contributed by atoms with E-state index < -0.39 is 5.97 Å². The zero-order valence-corrected chi connectivity index (χ0v) is 13.8. The van der Waals surface area contributed by atoms with E-state index in [1.54, 1.807) is 19.3 Å². The lowest BCUT2D eigenvalue weighted by Gasteiger charge is -2.17. The van der Waals surface area contributed by atoms with Gasteiger partial charge in [-0.1, -0.05) is 0 Å². The van der Waals surface area contributed by atoms with Crippen molar-refractivity contribution in [2.45, 2.75) is 20.3 Å². The molecule has 1 aliphatic rings. The minimum Gasteiger partial charge on any atom is -0.491 e. The van der Waals surface area contributed by atoms with Crippen molar-refractivity contribution in [3.63, 3.8) is 0 Å². The zero-order valence-electron chi connectivity index (χ0n) is 13.8. The first-order chi connectivity index (χ1) is 11.5. The van der Waals surface area contributed by atoms with Gasteiger partial charge < -0.3 is 14.7 Å². The van der Waals surface area contributed by atoms with Crippen LogP contribution in [0.3, 0.4) is 0 Å². The molecule has 1 aliphatic heterocycles. The zero-order chi connectivity index (χ0) is 17.1. The normalized spacial score (nSPS) is 17.1. The van der Waals surface area contributed by atoms with Crippen molar-refractivity contribution in [1.82, 2.24) is 15.0 Å². The molecular weight excluding hydrogens is 308 g/mol. The Balaban J connectivity index is 1.63. The van der Waals surface area contributed by atoms with Crippen molar-refractivity contribution in [3.05, 3.63) is 41.5 Å². The summed E-state index contributed by atoms with van der Waals surface area (Å²) in [6, 6.07) is 3.40. The van der Waals surface area contributed by atoms with Crippen molar-refractivity contribution < 1.29 is 14.6 Å². The van der Waals surface area contributed by atoms with Crippen molar-refractivity contribution in [2.24, 2.45) is 5.92 Å². The Morgan fingerprint density at radius 2 is 2.25 bits per heavy atom. The predicted octanol–water partition coefficient (Wildman–Crippen LogP) is 2.09. The van der Waals surface area contributed by atoms with Crippen LogP contribution in [0.2, 0.25) is 0 Å². The van der Waals surface area contributed by atoms with E-state index in [2.05, 4.69) is 15.0 Å². The third-order valence-electron chi connectivity index (χ3n) is 4.10. The summed E-state index contributed by atoms with van der Waals surface area (Å²) in [5.41, 5.74) is 1.75. The predicted molar refractivity (Wildman–Crippen MR) is 88.5 cm³/mol. The fourth-order valence-electron chi connectivity index (χ4n) is 2.76. The monoisotopic (exact) mass is 328 g/mol. The Morgan fingerprint density at radius 1 is 1.42 bits per heavy atom. The summed E-state index contributed by atoms with van der Waals surface area (Å²) >= 11 is 0. The number of nitrogens with zero attached hydrogens (tertiary/aromatic N) is 4. The van der Waals surface area contributed by atoms with Crippen molar-refractivity contribution in [3.8, 4) is 5.75 Å². The van der Waals surface area contributed by atoms with E-state index >= 15 is 0 Å². The molecule has 0 bridgehead atoms. The number of carboxylic acids is 1. The summed E-state index contributed by atoms with van der Waals surface area (Å²) in [5.74, 6) is 0.596. The standard InChI is InChI=1S/C17H20N4O3/c1-11-3-5-18-8-15(11)24-10-13-4-6-21(9-13)17-19-12(2)7-14(20-17)16(22)23/h3,5,7-8,13H,4,6,9-10H2,1-2H3,(H,22,23). The summed E-state index contributed by atoms with van der Waals surface area (Å²) in [6.45, 7) is 5.91. The van der Waals surface area contributed by atoms with E-state index in [1.165, 1.54) is 6.07 Å². The van der Waals surface area contributed by atoms with Gasteiger partial charge in [0.1, 0.15) is 5.75 Å². The summed E-state index contributed by atoms with van der Waals surface area (Å²) in [4.78, 5) is 25.7. The van der Waals surface area contributed by atoms with Gasteiger partial charge in [0, 0.05) is 30.9 Å². The lowest BCUT2D eigenvalue weighted by atomic mass is 10.1. The fourth-order valence-corrected chi connectivity index (χ4v) is 2.76. The fraction of sp³-hybridized carbons (Fsp3) is 0.412.